The molecule has 12 heavy (non-hydrogen) atoms. The van der Waals surface area contributed by atoms with Gasteiger partial charge in [-0.25, -0.2) is 4.57 Å². The van der Waals surface area contributed by atoms with E-state index in [4.69, 9.17) is 19.2 Å². The molecule has 1 aromatic rings. The topological polar surface area (TPSA) is 111 Å². The summed E-state index contributed by atoms with van der Waals surface area (Å²) < 4.78 is 8.88. The van der Waals surface area contributed by atoms with Gasteiger partial charge in [0, 0.05) is 24.5 Å². The van der Waals surface area contributed by atoms with E-state index in [1.54, 1.807) is 12.4 Å². The summed E-state index contributed by atoms with van der Waals surface area (Å²) in [7, 11) is -4.64. The number of aromatic nitrogens is 1. The Labute approximate surface area is 67.8 Å². The number of phosphoric acid groups is 1. The van der Waals surface area contributed by atoms with E-state index in [0.29, 0.717) is 0 Å². The van der Waals surface area contributed by atoms with E-state index in [-0.39, 0.29) is 5.43 Å². The van der Waals surface area contributed by atoms with Crippen LogP contribution in [0.4, 0.5) is 0 Å². The summed E-state index contributed by atoms with van der Waals surface area (Å²) in [4.78, 5) is 34.5. The standard InChI is InChI=1S/C5H5NO.H3O4P/c7-5-1-3-6-4-2-5;1-5(2,3)4/h1-4H,(H,6,7);(H3,1,2,3,4). The lowest BCUT2D eigenvalue weighted by atomic mass is 10.5. The highest BCUT2D eigenvalue weighted by atomic mass is 31.2. The number of hydrogen-bond donors (Lipinski definition) is 4. The third kappa shape index (κ3) is 11.8. The van der Waals surface area contributed by atoms with Gasteiger partial charge in [0.2, 0.25) is 0 Å². The fourth-order valence-corrected chi connectivity index (χ4v) is 0.372. The Morgan fingerprint density at radius 3 is 1.67 bits per heavy atom. The number of pyridine rings is 1. The average Bonchev–Trinajstić information content (AvgIpc) is 1.85. The Balaban J connectivity index is 0.000000217. The summed E-state index contributed by atoms with van der Waals surface area (Å²) in [6.07, 6.45) is 3.20. The Hall–Kier alpha value is -0.940. The molecule has 0 unspecified atom stereocenters. The number of hydrogen-bond acceptors (Lipinski definition) is 2. The Morgan fingerprint density at radius 1 is 1.17 bits per heavy atom. The molecule has 0 saturated heterocycles. The maximum atomic E-state index is 10.2. The SMILES string of the molecule is O=P(O)(O)O.O=c1cc[nH]cc1. The molecule has 0 atom stereocenters. The maximum absolute atomic E-state index is 10.2. The van der Waals surface area contributed by atoms with E-state index in [1.165, 1.54) is 12.1 Å². The van der Waals surface area contributed by atoms with Crippen LogP contribution in [0.5, 0.6) is 0 Å². The molecule has 7 heteroatoms. The van der Waals surface area contributed by atoms with E-state index in [2.05, 4.69) is 4.98 Å². The molecule has 0 aliphatic heterocycles. The first-order valence-electron chi connectivity index (χ1n) is 2.81. The van der Waals surface area contributed by atoms with Gasteiger partial charge in [0.1, 0.15) is 0 Å². The highest BCUT2D eigenvalue weighted by Crippen LogP contribution is 2.25. The van der Waals surface area contributed by atoms with Gasteiger partial charge >= 0.3 is 7.82 Å². The maximum Gasteiger partial charge on any atom is 0.466 e. The minimum absolute atomic E-state index is 0.0405. The van der Waals surface area contributed by atoms with E-state index in [0.717, 1.165) is 0 Å². The number of nitrogens with one attached hydrogen (secondary N) is 1. The molecule has 0 aliphatic rings. The van der Waals surface area contributed by atoms with E-state index >= 15 is 0 Å². The molecular weight excluding hydrogens is 185 g/mol. The molecule has 0 aromatic carbocycles. The summed E-state index contributed by atoms with van der Waals surface area (Å²) in [5.74, 6) is 0. The summed E-state index contributed by atoms with van der Waals surface area (Å²) in [5, 5.41) is 0. The molecule has 1 aromatic heterocycles. The van der Waals surface area contributed by atoms with Gasteiger partial charge in [0.15, 0.2) is 5.43 Å². The average molecular weight is 193 g/mol. The van der Waals surface area contributed by atoms with Crippen LogP contribution in [0.25, 0.3) is 0 Å². The molecule has 0 spiro atoms. The lowest BCUT2D eigenvalue weighted by Gasteiger charge is -1.82. The summed E-state index contributed by atoms with van der Waals surface area (Å²) in [6.45, 7) is 0. The zero-order valence-electron chi connectivity index (χ0n) is 5.91. The van der Waals surface area contributed by atoms with Crippen molar-refractivity contribution in [1.82, 2.24) is 4.98 Å². The lowest BCUT2D eigenvalue weighted by molar-refractivity contribution is 0.275. The van der Waals surface area contributed by atoms with Crippen LogP contribution in [0, 0.1) is 0 Å². The van der Waals surface area contributed by atoms with Crippen molar-refractivity contribution >= 4 is 7.82 Å². The molecular formula is C5H8NO5P. The van der Waals surface area contributed by atoms with Crippen LogP contribution in [0.15, 0.2) is 29.3 Å². The minimum Gasteiger partial charge on any atom is -0.367 e. The van der Waals surface area contributed by atoms with Gasteiger partial charge in [-0.1, -0.05) is 0 Å². The van der Waals surface area contributed by atoms with Crippen LogP contribution < -0.4 is 5.43 Å². The van der Waals surface area contributed by atoms with Crippen molar-refractivity contribution in [1.29, 1.82) is 0 Å². The van der Waals surface area contributed by atoms with Gasteiger partial charge in [0.05, 0.1) is 0 Å². The minimum atomic E-state index is -4.64. The smallest absolute Gasteiger partial charge is 0.367 e. The first-order chi connectivity index (χ1) is 5.39. The van der Waals surface area contributed by atoms with Crippen molar-refractivity contribution in [2.45, 2.75) is 0 Å². The normalized spacial score (nSPS) is 9.92. The molecule has 0 fully saturated rings. The number of H-pyrrole nitrogens is 1. The van der Waals surface area contributed by atoms with Gasteiger partial charge in [-0.3, -0.25) is 4.79 Å². The van der Waals surface area contributed by atoms with Crippen molar-refractivity contribution in [3.8, 4) is 0 Å². The second kappa shape index (κ2) is 4.84. The van der Waals surface area contributed by atoms with Crippen molar-refractivity contribution in [3.63, 3.8) is 0 Å². The molecule has 4 N–H and O–H groups in total. The monoisotopic (exact) mass is 193 g/mol. The molecule has 0 aliphatic carbocycles. The van der Waals surface area contributed by atoms with Crippen LogP contribution in [-0.2, 0) is 4.57 Å². The van der Waals surface area contributed by atoms with Crippen LogP contribution in [0.3, 0.4) is 0 Å². The third-order valence-corrected chi connectivity index (χ3v) is 0.688. The first-order valence-corrected chi connectivity index (χ1v) is 4.37. The van der Waals surface area contributed by atoms with Gasteiger partial charge in [-0.15, -0.1) is 0 Å². The van der Waals surface area contributed by atoms with Gasteiger partial charge in [-0.05, 0) is 0 Å². The van der Waals surface area contributed by atoms with Crippen LogP contribution >= 0.6 is 7.82 Å². The Morgan fingerprint density at radius 2 is 1.50 bits per heavy atom. The zero-order valence-corrected chi connectivity index (χ0v) is 6.81. The van der Waals surface area contributed by atoms with Crippen molar-refractivity contribution in [2.75, 3.05) is 0 Å². The second-order valence-corrected chi connectivity index (χ2v) is 2.78. The predicted octanol–water partition coefficient (Wildman–Crippen LogP) is -0.554. The molecule has 6 nitrogen and oxygen atoms in total. The van der Waals surface area contributed by atoms with Crippen LogP contribution in [0.1, 0.15) is 0 Å². The van der Waals surface area contributed by atoms with E-state index in [1.807, 2.05) is 0 Å². The van der Waals surface area contributed by atoms with Crippen molar-refractivity contribution < 1.29 is 19.2 Å². The Bertz CT molecular complexity index is 290. The Kier molecular flexibility index (Phi) is 4.46. The number of aromatic amines is 1. The molecule has 0 amide bonds. The van der Waals surface area contributed by atoms with Gasteiger partial charge in [-0.2, -0.15) is 0 Å². The highest BCUT2D eigenvalue weighted by Gasteiger charge is 2.00. The zero-order chi connectivity index (χ0) is 9.61. The van der Waals surface area contributed by atoms with E-state index < -0.39 is 7.82 Å². The van der Waals surface area contributed by atoms with Crippen LogP contribution in [-0.4, -0.2) is 19.7 Å². The molecule has 68 valence electrons. The second-order valence-electron chi connectivity index (χ2n) is 1.75. The fourth-order valence-electron chi connectivity index (χ4n) is 0.372. The summed E-state index contributed by atoms with van der Waals surface area (Å²) in [5.41, 5.74) is 0.0405. The molecule has 0 radical (unpaired) electrons. The predicted molar refractivity (Wildman–Crippen MR) is 41.3 cm³/mol. The number of rotatable bonds is 0. The quantitative estimate of drug-likeness (QED) is 0.413. The van der Waals surface area contributed by atoms with E-state index in [9.17, 15) is 4.79 Å². The largest absolute Gasteiger partial charge is 0.466 e. The van der Waals surface area contributed by atoms with Crippen LogP contribution in [0.2, 0.25) is 0 Å². The third-order valence-electron chi connectivity index (χ3n) is 0.688. The highest BCUT2D eigenvalue weighted by molar-refractivity contribution is 7.45. The fraction of sp³-hybridized carbons (Fsp3) is 0. The molecule has 0 bridgehead atoms. The first kappa shape index (κ1) is 11.1. The molecule has 0 saturated carbocycles. The van der Waals surface area contributed by atoms with Crippen molar-refractivity contribution in [3.05, 3.63) is 34.7 Å². The van der Waals surface area contributed by atoms with Gasteiger partial charge < -0.3 is 19.7 Å². The van der Waals surface area contributed by atoms with Gasteiger partial charge in [0.25, 0.3) is 0 Å². The summed E-state index contributed by atoms with van der Waals surface area (Å²) in [6, 6.07) is 2.94. The molecule has 1 heterocycles. The van der Waals surface area contributed by atoms with Crippen molar-refractivity contribution in [2.24, 2.45) is 0 Å². The summed E-state index contributed by atoms with van der Waals surface area (Å²) >= 11 is 0. The molecule has 1 rings (SSSR count). The lowest BCUT2D eigenvalue weighted by Crippen LogP contribution is -1.92.